The second-order valence-electron chi connectivity index (χ2n) is 6.47. The van der Waals surface area contributed by atoms with Crippen molar-refractivity contribution < 1.29 is 19.5 Å². The van der Waals surface area contributed by atoms with Crippen LogP contribution in [0.2, 0.25) is 0 Å². The molecule has 1 heterocycles. The zero-order chi connectivity index (χ0) is 16.9. The normalized spacial score (nSPS) is 17.2. The van der Waals surface area contributed by atoms with Crippen LogP contribution in [0.3, 0.4) is 0 Å². The number of carbonyl (C=O) groups excluding carboxylic acids is 2. The Balaban J connectivity index is 2.51. The molecule has 0 bridgehead atoms. The molecule has 1 atom stereocenters. The molecule has 1 saturated heterocycles. The van der Waals surface area contributed by atoms with Crippen molar-refractivity contribution in [2.75, 3.05) is 27.2 Å². The van der Waals surface area contributed by atoms with E-state index >= 15 is 0 Å². The van der Waals surface area contributed by atoms with Crippen LogP contribution in [0, 0.1) is 11.8 Å². The highest BCUT2D eigenvalue weighted by molar-refractivity contribution is 5.85. The van der Waals surface area contributed by atoms with E-state index in [1.54, 1.807) is 19.0 Å². The molecule has 1 fully saturated rings. The van der Waals surface area contributed by atoms with Gasteiger partial charge in [0.05, 0.1) is 0 Å². The average molecular weight is 313 g/mol. The van der Waals surface area contributed by atoms with Crippen molar-refractivity contribution in [2.45, 2.75) is 39.2 Å². The predicted octanol–water partition coefficient (Wildman–Crippen LogP) is 0.996. The van der Waals surface area contributed by atoms with Crippen LogP contribution in [0.5, 0.6) is 0 Å². The highest BCUT2D eigenvalue weighted by atomic mass is 16.4. The molecule has 0 saturated carbocycles. The number of nitrogens with zero attached hydrogens (tertiary/aromatic N) is 2. The summed E-state index contributed by atoms with van der Waals surface area (Å²) in [7, 11) is 3.40. The summed E-state index contributed by atoms with van der Waals surface area (Å²) < 4.78 is 0. The average Bonchev–Trinajstić information content (AvgIpc) is 2.45. The largest absolute Gasteiger partial charge is 0.480 e. The molecule has 1 aliphatic heterocycles. The van der Waals surface area contributed by atoms with Crippen LogP contribution in [0.25, 0.3) is 0 Å². The van der Waals surface area contributed by atoms with Gasteiger partial charge in [0.1, 0.15) is 6.04 Å². The number of nitrogens with one attached hydrogen (secondary N) is 1. The second-order valence-corrected chi connectivity index (χ2v) is 6.47. The van der Waals surface area contributed by atoms with Crippen LogP contribution < -0.4 is 5.32 Å². The van der Waals surface area contributed by atoms with Gasteiger partial charge in [-0.1, -0.05) is 13.8 Å². The van der Waals surface area contributed by atoms with E-state index in [1.807, 2.05) is 13.8 Å². The Morgan fingerprint density at radius 3 is 2.18 bits per heavy atom. The molecule has 1 rings (SSSR count). The molecule has 0 aromatic heterocycles. The molecule has 126 valence electrons. The minimum Gasteiger partial charge on any atom is -0.480 e. The van der Waals surface area contributed by atoms with Crippen molar-refractivity contribution in [3.8, 4) is 0 Å². The lowest BCUT2D eigenvalue weighted by atomic mass is 9.95. The fourth-order valence-electron chi connectivity index (χ4n) is 2.60. The van der Waals surface area contributed by atoms with Gasteiger partial charge in [0.2, 0.25) is 5.91 Å². The standard InChI is InChI=1S/C15H27N3O4/c1-10(2)9-12(14(20)21)16-13(19)11-5-7-18(8-6-11)15(22)17(3)4/h10-12H,5-9H2,1-4H3,(H,16,19)(H,20,21)/t12-/m1/s1. The lowest BCUT2D eigenvalue weighted by Gasteiger charge is -2.33. The number of likely N-dealkylation sites (tertiary alicyclic amines) is 1. The van der Waals surface area contributed by atoms with E-state index in [0.717, 1.165) is 0 Å². The van der Waals surface area contributed by atoms with Gasteiger partial charge in [-0.15, -0.1) is 0 Å². The maximum absolute atomic E-state index is 12.2. The molecule has 3 amide bonds. The molecule has 0 aromatic rings. The first kappa shape index (κ1) is 18.3. The molecule has 1 aliphatic rings. The van der Waals surface area contributed by atoms with Crippen molar-refractivity contribution in [1.29, 1.82) is 0 Å². The number of amides is 3. The Bertz CT molecular complexity index is 415. The summed E-state index contributed by atoms with van der Waals surface area (Å²) in [5, 5.41) is 11.8. The SMILES string of the molecule is CC(C)C[C@@H](NC(=O)C1CCN(C(=O)N(C)C)CC1)C(=O)O. The highest BCUT2D eigenvalue weighted by Gasteiger charge is 2.30. The van der Waals surface area contributed by atoms with Gasteiger partial charge in [-0.2, -0.15) is 0 Å². The Morgan fingerprint density at radius 2 is 1.77 bits per heavy atom. The van der Waals surface area contributed by atoms with Crippen LogP contribution in [0.15, 0.2) is 0 Å². The maximum atomic E-state index is 12.2. The van der Waals surface area contributed by atoms with Crippen LogP contribution in [0.4, 0.5) is 4.79 Å². The van der Waals surface area contributed by atoms with Gasteiger partial charge >= 0.3 is 12.0 Å². The first-order chi connectivity index (χ1) is 10.2. The van der Waals surface area contributed by atoms with Gasteiger partial charge in [0, 0.05) is 33.1 Å². The summed E-state index contributed by atoms with van der Waals surface area (Å²) in [6, 6.07) is -0.893. The fraction of sp³-hybridized carbons (Fsp3) is 0.800. The first-order valence-corrected chi connectivity index (χ1v) is 7.71. The van der Waals surface area contributed by atoms with Gasteiger partial charge in [0.15, 0.2) is 0 Å². The Kier molecular flexibility index (Phi) is 6.64. The number of aliphatic carboxylic acids is 1. The molecule has 22 heavy (non-hydrogen) atoms. The van der Waals surface area contributed by atoms with Gasteiger partial charge < -0.3 is 20.2 Å². The number of carboxylic acids is 1. The van der Waals surface area contributed by atoms with Crippen molar-refractivity contribution in [1.82, 2.24) is 15.1 Å². The Morgan fingerprint density at radius 1 is 1.23 bits per heavy atom. The number of urea groups is 1. The molecular weight excluding hydrogens is 286 g/mol. The fourth-order valence-corrected chi connectivity index (χ4v) is 2.60. The smallest absolute Gasteiger partial charge is 0.326 e. The number of carbonyl (C=O) groups is 3. The van der Waals surface area contributed by atoms with Gasteiger partial charge in [-0.05, 0) is 25.2 Å². The van der Waals surface area contributed by atoms with Gasteiger partial charge in [-0.3, -0.25) is 4.79 Å². The summed E-state index contributed by atoms with van der Waals surface area (Å²) in [6.07, 6.45) is 1.55. The van der Waals surface area contributed by atoms with E-state index in [9.17, 15) is 19.5 Å². The van der Waals surface area contributed by atoms with Crippen LogP contribution >= 0.6 is 0 Å². The minimum absolute atomic E-state index is 0.0536. The highest BCUT2D eigenvalue weighted by Crippen LogP contribution is 2.19. The van der Waals surface area contributed by atoms with Gasteiger partial charge in [0.25, 0.3) is 0 Å². The lowest BCUT2D eigenvalue weighted by Crippen LogP contribution is -2.49. The van der Waals surface area contributed by atoms with Crippen LogP contribution in [0.1, 0.15) is 33.1 Å². The molecule has 0 aromatic carbocycles. The van der Waals surface area contributed by atoms with E-state index in [1.165, 1.54) is 4.90 Å². The zero-order valence-electron chi connectivity index (χ0n) is 13.8. The molecule has 0 radical (unpaired) electrons. The van der Waals surface area contributed by atoms with E-state index in [2.05, 4.69) is 5.32 Å². The molecule has 7 nitrogen and oxygen atoms in total. The van der Waals surface area contributed by atoms with Crippen molar-refractivity contribution in [3.05, 3.63) is 0 Å². The quantitative estimate of drug-likeness (QED) is 0.792. The lowest BCUT2D eigenvalue weighted by molar-refractivity contribution is -0.143. The molecule has 0 aliphatic carbocycles. The molecule has 0 spiro atoms. The molecule has 2 N–H and O–H groups in total. The van der Waals surface area contributed by atoms with Gasteiger partial charge in [-0.25, -0.2) is 9.59 Å². The van der Waals surface area contributed by atoms with Crippen LogP contribution in [-0.2, 0) is 9.59 Å². The predicted molar refractivity (Wildman–Crippen MR) is 82.4 cm³/mol. The molecular formula is C15H27N3O4. The van der Waals surface area contributed by atoms with E-state index in [-0.39, 0.29) is 23.8 Å². The number of hydrogen-bond donors (Lipinski definition) is 2. The summed E-state index contributed by atoms with van der Waals surface area (Å²) in [5.74, 6) is -1.24. The first-order valence-electron chi connectivity index (χ1n) is 7.71. The van der Waals surface area contributed by atoms with E-state index in [4.69, 9.17) is 0 Å². The number of rotatable bonds is 5. The topological polar surface area (TPSA) is 90.0 Å². The number of carboxylic acid groups (broad SMARTS) is 1. The summed E-state index contributed by atoms with van der Waals surface area (Å²) in [6.45, 7) is 4.90. The van der Waals surface area contributed by atoms with Crippen molar-refractivity contribution in [3.63, 3.8) is 0 Å². The summed E-state index contributed by atoms with van der Waals surface area (Å²) in [4.78, 5) is 38.5. The number of hydrogen-bond acceptors (Lipinski definition) is 3. The van der Waals surface area contributed by atoms with E-state index < -0.39 is 12.0 Å². The van der Waals surface area contributed by atoms with Crippen molar-refractivity contribution in [2.24, 2.45) is 11.8 Å². The Labute approximate surface area is 131 Å². The third-order valence-electron chi connectivity index (χ3n) is 3.84. The third-order valence-corrected chi connectivity index (χ3v) is 3.84. The zero-order valence-corrected chi connectivity index (χ0v) is 13.8. The third kappa shape index (κ3) is 5.20. The van der Waals surface area contributed by atoms with E-state index in [0.29, 0.717) is 32.4 Å². The maximum Gasteiger partial charge on any atom is 0.326 e. The minimum atomic E-state index is -0.998. The number of piperidine rings is 1. The van der Waals surface area contributed by atoms with Crippen molar-refractivity contribution >= 4 is 17.9 Å². The Hall–Kier alpha value is -1.79. The molecule has 0 unspecified atom stereocenters. The monoisotopic (exact) mass is 313 g/mol. The molecule has 7 heteroatoms. The summed E-state index contributed by atoms with van der Waals surface area (Å²) >= 11 is 0. The summed E-state index contributed by atoms with van der Waals surface area (Å²) in [5.41, 5.74) is 0. The second kappa shape index (κ2) is 8.00. The van der Waals surface area contributed by atoms with Crippen LogP contribution in [-0.4, -0.2) is 66.0 Å².